The SMILES string of the molecule is CNC(=O)CCNC(=O)Cc1ccc(NC(=O)CC(=O)NCCOCCCNC(=O)NCCCCCC(C)=O)cc1. The fourth-order valence-electron chi connectivity index (χ4n) is 3.49. The van der Waals surface area contributed by atoms with Gasteiger partial charge in [0.15, 0.2) is 0 Å². The third kappa shape index (κ3) is 19.7. The maximum atomic E-state index is 12.1. The van der Waals surface area contributed by atoms with E-state index in [9.17, 15) is 28.8 Å². The van der Waals surface area contributed by atoms with Crippen molar-refractivity contribution in [1.29, 1.82) is 0 Å². The van der Waals surface area contributed by atoms with Crippen LogP contribution < -0.4 is 31.9 Å². The number of ether oxygens (including phenoxy) is 1. The van der Waals surface area contributed by atoms with Crippen LogP contribution in [0.2, 0.25) is 0 Å². The number of carbonyl (C=O) groups excluding carboxylic acids is 6. The molecule has 0 atom stereocenters. The molecule has 228 valence electrons. The summed E-state index contributed by atoms with van der Waals surface area (Å²) in [5.41, 5.74) is 1.24. The zero-order chi connectivity index (χ0) is 30.3. The molecule has 0 aromatic heterocycles. The van der Waals surface area contributed by atoms with Crippen molar-refractivity contribution in [1.82, 2.24) is 26.6 Å². The molecule has 1 rings (SSSR count). The topological polar surface area (TPSA) is 184 Å². The molecule has 0 unspecified atom stereocenters. The maximum Gasteiger partial charge on any atom is 0.314 e. The molecule has 1 aromatic carbocycles. The van der Waals surface area contributed by atoms with Crippen molar-refractivity contribution in [2.75, 3.05) is 51.8 Å². The molecule has 13 nitrogen and oxygen atoms in total. The molecule has 1 aromatic rings. The number of nitrogens with one attached hydrogen (secondary N) is 6. The highest BCUT2D eigenvalue weighted by molar-refractivity contribution is 6.03. The van der Waals surface area contributed by atoms with E-state index in [2.05, 4.69) is 31.9 Å². The van der Waals surface area contributed by atoms with E-state index in [0.29, 0.717) is 38.2 Å². The Bertz CT molecular complexity index is 985. The second-order valence-electron chi connectivity index (χ2n) is 9.38. The molecule has 0 spiro atoms. The van der Waals surface area contributed by atoms with Gasteiger partial charge in [-0.15, -0.1) is 0 Å². The Morgan fingerprint density at radius 1 is 0.659 bits per heavy atom. The lowest BCUT2D eigenvalue weighted by Gasteiger charge is -2.09. The second-order valence-corrected chi connectivity index (χ2v) is 9.38. The largest absolute Gasteiger partial charge is 0.380 e. The van der Waals surface area contributed by atoms with E-state index < -0.39 is 11.8 Å². The zero-order valence-corrected chi connectivity index (χ0v) is 24.1. The van der Waals surface area contributed by atoms with Crippen molar-refractivity contribution in [2.45, 2.75) is 58.3 Å². The van der Waals surface area contributed by atoms with Gasteiger partial charge in [0.25, 0.3) is 0 Å². The van der Waals surface area contributed by atoms with Gasteiger partial charge in [-0.25, -0.2) is 4.79 Å². The number of hydrogen-bond donors (Lipinski definition) is 6. The van der Waals surface area contributed by atoms with Crippen molar-refractivity contribution in [3.05, 3.63) is 29.8 Å². The van der Waals surface area contributed by atoms with Crippen LogP contribution in [-0.4, -0.2) is 81.9 Å². The Morgan fingerprint density at radius 2 is 1.34 bits per heavy atom. The standard InChI is InChI=1S/C28H44N6O7/c1-21(35)7-4-3-5-13-32-28(40)33-14-6-17-41-18-16-31-26(38)20-27(39)34-23-10-8-22(9-11-23)19-25(37)30-15-12-24(36)29-2/h8-11H,3-7,12-20H2,1-2H3,(H,29,36)(H,30,37)(H,31,38)(H,34,39)(H2,32,33,40). The van der Waals surface area contributed by atoms with Crippen molar-refractivity contribution < 1.29 is 33.5 Å². The summed E-state index contributed by atoms with van der Waals surface area (Å²) in [6.45, 7) is 3.79. The smallest absolute Gasteiger partial charge is 0.314 e. The highest BCUT2D eigenvalue weighted by Gasteiger charge is 2.10. The molecular formula is C28H44N6O7. The fraction of sp³-hybridized carbons (Fsp3) is 0.571. The van der Waals surface area contributed by atoms with Crippen molar-refractivity contribution in [3.63, 3.8) is 0 Å². The average molecular weight is 577 g/mol. The van der Waals surface area contributed by atoms with Crippen LogP contribution in [0.3, 0.4) is 0 Å². The first-order valence-electron chi connectivity index (χ1n) is 13.9. The Labute approximate surface area is 241 Å². The minimum atomic E-state index is -0.469. The lowest BCUT2D eigenvalue weighted by Crippen LogP contribution is -2.36. The number of urea groups is 1. The van der Waals surface area contributed by atoms with E-state index in [1.165, 1.54) is 7.05 Å². The number of hydrogen-bond acceptors (Lipinski definition) is 7. The van der Waals surface area contributed by atoms with Gasteiger partial charge in [0.05, 0.1) is 13.0 Å². The minimum absolute atomic E-state index is 0.142. The number of unbranched alkanes of at least 4 members (excludes halogenated alkanes) is 2. The van der Waals surface area contributed by atoms with E-state index in [1.807, 2.05) is 0 Å². The summed E-state index contributed by atoms with van der Waals surface area (Å²) >= 11 is 0. The first-order chi connectivity index (χ1) is 19.7. The molecule has 6 amide bonds. The Kier molecular flexibility index (Phi) is 18.6. The number of anilines is 1. The summed E-state index contributed by atoms with van der Waals surface area (Å²) in [5.74, 6) is -1.08. The Balaban J connectivity index is 2.06. The van der Waals surface area contributed by atoms with E-state index in [1.54, 1.807) is 31.2 Å². The van der Waals surface area contributed by atoms with E-state index in [-0.39, 0.29) is 62.6 Å². The number of carbonyl (C=O) groups is 6. The van der Waals surface area contributed by atoms with Crippen LogP contribution in [0.5, 0.6) is 0 Å². The monoisotopic (exact) mass is 576 g/mol. The summed E-state index contributed by atoms with van der Waals surface area (Å²) in [6, 6.07) is 6.46. The van der Waals surface area contributed by atoms with Crippen molar-refractivity contribution in [2.24, 2.45) is 0 Å². The lowest BCUT2D eigenvalue weighted by molar-refractivity contribution is -0.127. The first-order valence-corrected chi connectivity index (χ1v) is 13.9. The zero-order valence-electron chi connectivity index (χ0n) is 24.1. The number of rotatable bonds is 21. The number of amides is 6. The summed E-state index contributed by atoms with van der Waals surface area (Å²) in [5, 5.41) is 15.9. The molecule has 0 bridgehead atoms. The van der Waals surface area contributed by atoms with Gasteiger partial charge in [-0.3, -0.25) is 19.2 Å². The molecule has 0 radical (unpaired) electrons. The van der Waals surface area contributed by atoms with Crippen LogP contribution in [0.15, 0.2) is 24.3 Å². The maximum absolute atomic E-state index is 12.1. The van der Waals surface area contributed by atoms with Crippen LogP contribution >= 0.6 is 0 Å². The molecule has 41 heavy (non-hydrogen) atoms. The predicted octanol–water partition coefficient (Wildman–Crippen LogP) is 0.782. The van der Waals surface area contributed by atoms with Crippen LogP contribution in [0.25, 0.3) is 0 Å². The van der Waals surface area contributed by atoms with Gasteiger partial charge in [0.1, 0.15) is 12.2 Å². The molecule has 0 heterocycles. The van der Waals surface area contributed by atoms with Gasteiger partial charge in [-0.05, 0) is 43.9 Å². The van der Waals surface area contributed by atoms with Gasteiger partial charge in [0.2, 0.25) is 23.6 Å². The number of benzene rings is 1. The van der Waals surface area contributed by atoms with Crippen molar-refractivity contribution in [3.8, 4) is 0 Å². The van der Waals surface area contributed by atoms with Gasteiger partial charge in [-0.1, -0.05) is 18.6 Å². The molecule has 13 heteroatoms. The van der Waals surface area contributed by atoms with E-state index in [4.69, 9.17) is 4.74 Å². The van der Waals surface area contributed by atoms with Gasteiger partial charge >= 0.3 is 6.03 Å². The predicted molar refractivity (Wildman–Crippen MR) is 154 cm³/mol. The quantitative estimate of drug-likeness (QED) is 0.0923. The molecule has 0 saturated carbocycles. The minimum Gasteiger partial charge on any atom is -0.380 e. The summed E-state index contributed by atoms with van der Waals surface area (Å²) < 4.78 is 5.43. The van der Waals surface area contributed by atoms with Gasteiger partial charge in [-0.2, -0.15) is 0 Å². The normalized spacial score (nSPS) is 10.3. The summed E-state index contributed by atoms with van der Waals surface area (Å²) in [7, 11) is 1.53. The second kappa shape index (κ2) is 21.8. The Hall–Kier alpha value is -4.00. The highest BCUT2D eigenvalue weighted by atomic mass is 16.5. The molecular weight excluding hydrogens is 532 g/mol. The molecule has 0 aliphatic rings. The molecule has 0 aliphatic heterocycles. The summed E-state index contributed by atoms with van der Waals surface area (Å²) in [4.78, 5) is 69.8. The third-order valence-electron chi connectivity index (χ3n) is 5.69. The van der Waals surface area contributed by atoms with Crippen LogP contribution in [-0.2, 0) is 35.1 Å². The molecule has 0 aliphatic carbocycles. The summed E-state index contributed by atoms with van der Waals surface area (Å²) in [6.07, 6.45) is 3.77. The molecule has 6 N–H and O–H groups in total. The van der Waals surface area contributed by atoms with Gasteiger partial charge in [0, 0.05) is 58.4 Å². The average Bonchev–Trinajstić information content (AvgIpc) is 2.92. The van der Waals surface area contributed by atoms with Gasteiger partial charge < -0.3 is 41.4 Å². The van der Waals surface area contributed by atoms with Crippen LogP contribution in [0.4, 0.5) is 10.5 Å². The van der Waals surface area contributed by atoms with Crippen LogP contribution in [0, 0.1) is 0 Å². The molecule has 0 fully saturated rings. The third-order valence-corrected chi connectivity index (χ3v) is 5.69. The van der Waals surface area contributed by atoms with Crippen LogP contribution in [0.1, 0.15) is 57.4 Å². The highest BCUT2D eigenvalue weighted by Crippen LogP contribution is 2.10. The first kappa shape index (κ1) is 35.0. The Morgan fingerprint density at radius 3 is 2.02 bits per heavy atom. The van der Waals surface area contributed by atoms with E-state index >= 15 is 0 Å². The van der Waals surface area contributed by atoms with Crippen molar-refractivity contribution >= 4 is 41.1 Å². The molecule has 0 saturated heterocycles. The lowest BCUT2D eigenvalue weighted by atomic mass is 10.1. The number of ketones is 1. The number of Topliss-reactive ketones (excluding diaryl/α,β-unsaturated/α-hetero) is 1. The fourth-order valence-corrected chi connectivity index (χ4v) is 3.49. The van der Waals surface area contributed by atoms with E-state index in [0.717, 1.165) is 24.8 Å².